The van der Waals surface area contributed by atoms with Gasteiger partial charge in [-0.3, -0.25) is 9.59 Å². The molecule has 0 N–H and O–H groups in total. The summed E-state index contributed by atoms with van der Waals surface area (Å²) in [7, 11) is 1.34. The molecule has 1 fully saturated rings. The van der Waals surface area contributed by atoms with Gasteiger partial charge in [0.05, 0.1) is 13.5 Å². The van der Waals surface area contributed by atoms with Crippen LogP contribution in [0.2, 0.25) is 0 Å². The number of likely N-dealkylation sites (tertiary alicyclic amines) is 1. The number of hydrogen-bond acceptors (Lipinski definition) is 3. The van der Waals surface area contributed by atoms with E-state index in [1.54, 1.807) is 0 Å². The van der Waals surface area contributed by atoms with Crippen LogP contribution >= 0.6 is 0 Å². The monoisotopic (exact) mass is 199 g/mol. The highest BCUT2D eigenvalue weighted by atomic mass is 16.5. The fourth-order valence-electron chi connectivity index (χ4n) is 1.61. The first-order chi connectivity index (χ1) is 6.74. The zero-order chi connectivity index (χ0) is 10.4. The van der Waals surface area contributed by atoms with Crippen molar-refractivity contribution in [1.29, 1.82) is 0 Å². The Labute approximate surface area is 84.2 Å². The van der Waals surface area contributed by atoms with Gasteiger partial charge < -0.3 is 9.64 Å². The molecule has 1 rings (SSSR count). The third-order valence-corrected chi connectivity index (χ3v) is 2.48. The van der Waals surface area contributed by atoms with E-state index in [1.165, 1.54) is 13.5 Å². The van der Waals surface area contributed by atoms with E-state index in [0.717, 1.165) is 25.9 Å². The molecule has 0 saturated carbocycles. The second kappa shape index (κ2) is 5.62. The summed E-state index contributed by atoms with van der Waals surface area (Å²) < 4.78 is 4.48. The molecule has 0 spiro atoms. The molecular formula is C10H17NO3. The number of amides is 1. The minimum atomic E-state index is -0.310. The summed E-state index contributed by atoms with van der Waals surface area (Å²) >= 11 is 0. The number of carbonyl (C=O) groups excluding carboxylic acids is 2. The number of ether oxygens (including phenoxy) is 1. The molecule has 80 valence electrons. The van der Waals surface area contributed by atoms with Gasteiger partial charge >= 0.3 is 5.97 Å². The van der Waals surface area contributed by atoms with Gasteiger partial charge in [-0.05, 0) is 19.3 Å². The first-order valence-corrected chi connectivity index (χ1v) is 5.08. The topological polar surface area (TPSA) is 46.6 Å². The van der Waals surface area contributed by atoms with Crippen molar-refractivity contribution in [3.8, 4) is 0 Å². The third-order valence-electron chi connectivity index (χ3n) is 2.48. The van der Waals surface area contributed by atoms with Crippen LogP contribution in [0.1, 0.15) is 32.1 Å². The van der Waals surface area contributed by atoms with Crippen LogP contribution in [0.4, 0.5) is 0 Å². The molecule has 0 aromatic carbocycles. The first-order valence-electron chi connectivity index (χ1n) is 5.08. The molecule has 1 aliphatic rings. The normalized spacial score (nSPS) is 16.5. The fourth-order valence-corrected chi connectivity index (χ4v) is 1.61. The Balaban J connectivity index is 2.23. The summed E-state index contributed by atoms with van der Waals surface area (Å²) in [6, 6.07) is 0. The average molecular weight is 199 g/mol. The molecule has 1 amide bonds. The van der Waals surface area contributed by atoms with Gasteiger partial charge in [0, 0.05) is 19.5 Å². The van der Waals surface area contributed by atoms with Gasteiger partial charge in [0.25, 0.3) is 0 Å². The summed E-state index contributed by atoms with van der Waals surface area (Å²) in [5.41, 5.74) is 0. The molecule has 1 saturated heterocycles. The summed E-state index contributed by atoms with van der Waals surface area (Å²) in [5.74, 6) is -0.231. The highest BCUT2D eigenvalue weighted by Crippen LogP contribution is 2.10. The molecule has 0 aliphatic carbocycles. The van der Waals surface area contributed by atoms with Crippen LogP contribution in [-0.2, 0) is 14.3 Å². The lowest BCUT2D eigenvalue weighted by atomic mass is 10.1. The van der Waals surface area contributed by atoms with Gasteiger partial charge in [-0.1, -0.05) is 0 Å². The molecule has 14 heavy (non-hydrogen) atoms. The zero-order valence-corrected chi connectivity index (χ0v) is 8.62. The first kappa shape index (κ1) is 11.0. The maximum atomic E-state index is 11.5. The Morgan fingerprint density at radius 2 is 1.79 bits per heavy atom. The summed E-state index contributed by atoms with van der Waals surface area (Å²) in [6.07, 6.45) is 3.87. The molecule has 0 radical (unpaired) electrons. The van der Waals surface area contributed by atoms with Crippen LogP contribution in [0.3, 0.4) is 0 Å². The Morgan fingerprint density at radius 1 is 1.14 bits per heavy atom. The predicted octanol–water partition coefficient (Wildman–Crippen LogP) is 0.952. The van der Waals surface area contributed by atoms with Crippen LogP contribution in [0.15, 0.2) is 0 Å². The molecular weight excluding hydrogens is 182 g/mol. The van der Waals surface area contributed by atoms with Crippen LogP contribution in [0.5, 0.6) is 0 Å². The van der Waals surface area contributed by atoms with E-state index < -0.39 is 0 Å². The van der Waals surface area contributed by atoms with Gasteiger partial charge in [-0.25, -0.2) is 0 Å². The van der Waals surface area contributed by atoms with Crippen molar-refractivity contribution in [3.05, 3.63) is 0 Å². The Bertz CT molecular complexity index is 209. The zero-order valence-electron chi connectivity index (χ0n) is 8.62. The van der Waals surface area contributed by atoms with Crippen molar-refractivity contribution in [2.45, 2.75) is 32.1 Å². The molecule has 1 aliphatic heterocycles. The molecule has 0 aromatic heterocycles. The Morgan fingerprint density at radius 3 is 2.36 bits per heavy atom. The number of piperidine rings is 1. The van der Waals surface area contributed by atoms with Crippen molar-refractivity contribution in [1.82, 2.24) is 4.90 Å². The largest absolute Gasteiger partial charge is 0.469 e. The van der Waals surface area contributed by atoms with E-state index in [4.69, 9.17) is 0 Å². The molecule has 0 atom stereocenters. The maximum absolute atomic E-state index is 11.5. The molecule has 0 bridgehead atoms. The van der Waals surface area contributed by atoms with Gasteiger partial charge in [0.2, 0.25) is 5.91 Å². The van der Waals surface area contributed by atoms with E-state index in [0.29, 0.717) is 0 Å². The number of nitrogens with zero attached hydrogens (tertiary/aromatic N) is 1. The van der Waals surface area contributed by atoms with Gasteiger partial charge in [-0.2, -0.15) is 0 Å². The quantitative estimate of drug-likeness (QED) is 0.636. The lowest BCUT2D eigenvalue weighted by molar-refractivity contribution is -0.143. The van der Waals surface area contributed by atoms with Crippen molar-refractivity contribution in [2.75, 3.05) is 20.2 Å². The van der Waals surface area contributed by atoms with Crippen LogP contribution in [-0.4, -0.2) is 37.0 Å². The Kier molecular flexibility index (Phi) is 4.43. The van der Waals surface area contributed by atoms with Gasteiger partial charge in [0.1, 0.15) is 0 Å². The molecule has 4 heteroatoms. The number of hydrogen-bond donors (Lipinski definition) is 0. The summed E-state index contributed by atoms with van der Waals surface area (Å²) in [5, 5.41) is 0. The maximum Gasteiger partial charge on any atom is 0.306 e. The second-order valence-electron chi connectivity index (χ2n) is 3.52. The number of esters is 1. The molecule has 4 nitrogen and oxygen atoms in total. The number of carbonyl (C=O) groups is 2. The van der Waals surface area contributed by atoms with Crippen LogP contribution < -0.4 is 0 Å². The highest BCUT2D eigenvalue weighted by molar-refractivity contribution is 5.81. The van der Waals surface area contributed by atoms with Crippen molar-refractivity contribution in [3.63, 3.8) is 0 Å². The molecule has 0 unspecified atom stereocenters. The van der Waals surface area contributed by atoms with E-state index in [9.17, 15) is 9.59 Å². The standard InChI is InChI=1S/C10H17NO3/c1-14-10(13)6-5-9(12)11-7-3-2-4-8-11/h2-8H2,1H3. The van der Waals surface area contributed by atoms with E-state index in [1.807, 2.05) is 4.90 Å². The smallest absolute Gasteiger partial charge is 0.306 e. The fraction of sp³-hybridized carbons (Fsp3) is 0.800. The van der Waals surface area contributed by atoms with E-state index in [-0.39, 0.29) is 24.7 Å². The lowest BCUT2D eigenvalue weighted by Gasteiger charge is -2.26. The molecule has 1 heterocycles. The van der Waals surface area contributed by atoms with Crippen LogP contribution in [0, 0.1) is 0 Å². The Hall–Kier alpha value is -1.06. The number of methoxy groups -OCH3 is 1. The van der Waals surface area contributed by atoms with Gasteiger partial charge in [0.15, 0.2) is 0 Å². The predicted molar refractivity (Wildman–Crippen MR) is 51.7 cm³/mol. The van der Waals surface area contributed by atoms with E-state index >= 15 is 0 Å². The minimum Gasteiger partial charge on any atom is -0.469 e. The van der Waals surface area contributed by atoms with Gasteiger partial charge in [-0.15, -0.1) is 0 Å². The SMILES string of the molecule is COC(=O)CCC(=O)N1CCCCC1. The second-order valence-corrected chi connectivity index (χ2v) is 3.52. The third kappa shape index (κ3) is 3.36. The van der Waals surface area contributed by atoms with Crippen molar-refractivity contribution >= 4 is 11.9 Å². The summed E-state index contributed by atoms with van der Waals surface area (Å²) in [4.78, 5) is 24.2. The average Bonchev–Trinajstić information content (AvgIpc) is 2.26. The van der Waals surface area contributed by atoms with E-state index in [2.05, 4.69) is 4.74 Å². The van der Waals surface area contributed by atoms with Crippen molar-refractivity contribution in [2.24, 2.45) is 0 Å². The summed E-state index contributed by atoms with van der Waals surface area (Å²) in [6.45, 7) is 1.69. The van der Waals surface area contributed by atoms with Crippen molar-refractivity contribution < 1.29 is 14.3 Å². The molecule has 0 aromatic rings. The highest BCUT2D eigenvalue weighted by Gasteiger charge is 2.17. The van der Waals surface area contributed by atoms with Crippen LogP contribution in [0.25, 0.3) is 0 Å². The lowest BCUT2D eigenvalue weighted by Crippen LogP contribution is -2.35. The minimum absolute atomic E-state index is 0.0788. The number of rotatable bonds is 3.